The Hall–Kier alpha value is -0.110. The van der Waals surface area contributed by atoms with Crippen LogP contribution in [0.15, 0.2) is 27.6 Å². The Labute approximate surface area is 113 Å². The zero-order valence-corrected chi connectivity index (χ0v) is 12.6. The average molecular weight is 342 g/mol. The van der Waals surface area contributed by atoms with E-state index in [1.54, 1.807) is 18.7 Å². The second-order valence-electron chi connectivity index (χ2n) is 3.55. The highest BCUT2D eigenvalue weighted by atomic mass is 79.9. The molecule has 0 aromatic heterocycles. The molecule has 1 unspecified atom stereocenters. The Morgan fingerprint density at radius 2 is 2.18 bits per heavy atom. The molecule has 0 aliphatic rings. The van der Waals surface area contributed by atoms with Crippen LogP contribution >= 0.6 is 27.7 Å². The highest BCUT2D eigenvalue weighted by Crippen LogP contribution is 2.22. The molecular weight excluding hydrogens is 329 g/mol. The molecule has 3 nitrogen and oxygen atoms in total. The largest absolute Gasteiger partial charge is 0.241 e. The van der Waals surface area contributed by atoms with E-state index in [0.29, 0.717) is 5.75 Å². The third kappa shape index (κ3) is 4.24. The van der Waals surface area contributed by atoms with E-state index in [0.717, 1.165) is 12.1 Å². The van der Waals surface area contributed by atoms with E-state index in [-0.39, 0.29) is 15.4 Å². The van der Waals surface area contributed by atoms with E-state index >= 15 is 0 Å². The van der Waals surface area contributed by atoms with Crippen LogP contribution in [0.4, 0.5) is 4.39 Å². The van der Waals surface area contributed by atoms with Crippen molar-refractivity contribution in [3.05, 3.63) is 28.5 Å². The maximum Gasteiger partial charge on any atom is 0.241 e. The molecule has 1 aromatic carbocycles. The summed E-state index contributed by atoms with van der Waals surface area (Å²) in [6.07, 6.45) is 1.90. The van der Waals surface area contributed by atoms with Gasteiger partial charge in [0.15, 0.2) is 0 Å². The van der Waals surface area contributed by atoms with Crippen molar-refractivity contribution >= 4 is 37.7 Å². The van der Waals surface area contributed by atoms with Crippen molar-refractivity contribution < 1.29 is 12.8 Å². The third-order valence-electron chi connectivity index (χ3n) is 1.96. The minimum Gasteiger partial charge on any atom is -0.207 e. The normalized spacial score (nSPS) is 13.6. The summed E-state index contributed by atoms with van der Waals surface area (Å²) < 4.78 is 39.6. The van der Waals surface area contributed by atoms with Crippen LogP contribution in [-0.4, -0.2) is 26.5 Å². The molecular formula is C10H13BrFNO2S2. The first-order valence-corrected chi connectivity index (χ1v) is 8.50. The lowest BCUT2D eigenvalue weighted by atomic mass is 10.3. The van der Waals surface area contributed by atoms with Gasteiger partial charge in [-0.05, 0) is 47.3 Å². The molecule has 0 aliphatic heterocycles. The summed E-state index contributed by atoms with van der Waals surface area (Å²) in [5, 5.41) is 0. The number of rotatable bonds is 5. The molecule has 1 rings (SSSR count). The number of benzene rings is 1. The number of hydrogen-bond donors (Lipinski definition) is 1. The van der Waals surface area contributed by atoms with Gasteiger partial charge in [0, 0.05) is 16.3 Å². The molecule has 0 radical (unpaired) electrons. The monoisotopic (exact) mass is 341 g/mol. The molecule has 1 atom stereocenters. The quantitative estimate of drug-likeness (QED) is 0.895. The molecule has 0 fully saturated rings. The second-order valence-corrected chi connectivity index (χ2v) is 7.00. The summed E-state index contributed by atoms with van der Waals surface area (Å²) in [6.45, 7) is 1.78. The molecule has 0 bridgehead atoms. The zero-order valence-electron chi connectivity index (χ0n) is 9.41. The van der Waals surface area contributed by atoms with Crippen molar-refractivity contribution in [1.82, 2.24) is 4.72 Å². The van der Waals surface area contributed by atoms with Crippen LogP contribution in [0.2, 0.25) is 0 Å². The van der Waals surface area contributed by atoms with Gasteiger partial charge in [0.2, 0.25) is 10.0 Å². The van der Waals surface area contributed by atoms with Gasteiger partial charge in [0.05, 0.1) is 4.90 Å². The summed E-state index contributed by atoms with van der Waals surface area (Å²) in [5.41, 5.74) is 0. The maximum absolute atomic E-state index is 12.9. The fourth-order valence-electron chi connectivity index (χ4n) is 1.31. The van der Waals surface area contributed by atoms with Crippen molar-refractivity contribution in [3.8, 4) is 0 Å². The number of sulfonamides is 1. The first kappa shape index (κ1) is 14.9. The van der Waals surface area contributed by atoms with Crippen LogP contribution in [0.5, 0.6) is 0 Å². The summed E-state index contributed by atoms with van der Waals surface area (Å²) >= 11 is 4.60. The molecule has 0 aliphatic carbocycles. The van der Waals surface area contributed by atoms with Gasteiger partial charge in [-0.1, -0.05) is 0 Å². The Bertz CT molecular complexity index is 493. The van der Waals surface area contributed by atoms with Crippen LogP contribution in [0.1, 0.15) is 6.92 Å². The van der Waals surface area contributed by atoms with Gasteiger partial charge in [-0.25, -0.2) is 17.5 Å². The summed E-state index contributed by atoms with van der Waals surface area (Å²) in [5.74, 6) is 0.200. The summed E-state index contributed by atoms with van der Waals surface area (Å²) in [4.78, 5) is 0.0480. The van der Waals surface area contributed by atoms with Crippen LogP contribution in [0.3, 0.4) is 0 Å². The van der Waals surface area contributed by atoms with Crippen molar-refractivity contribution in [1.29, 1.82) is 0 Å². The summed E-state index contributed by atoms with van der Waals surface area (Å²) in [7, 11) is -3.61. The Morgan fingerprint density at radius 3 is 2.71 bits per heavy atom. The van der Waals surface area contributed by atoms with Crippen molar-refractivity contribution in [3.63, 3.8) is 0 Å². The minimum atomic E-state index is -3.61. The van der Waals surface area contributed by atoms with E-state index in [4.69, 9.17) is 0 Å². The van der Waals surface area contributed by atoms with Crippen molar-refractivity contribution in [2.75, 3.05) is 12.0 Å². The number of thioether (sulfide) groups is 1. The number of nitrogens with one attached hydrogen (secondary N) is 1. The molecule has 0 saturated heterocycles. The fourth-order valence-corrected chi connectivity index (χ4v) is 4.29. The molecule has 0 amide bonds. The van der Waals surface area contributed by atoms with Crippen LogP contribution in [0, 0.1) is 5.82 Å². The topological polar surface area (TPSA) is 46.2 Å². The number of hydrogen-bond acceptors (Lipinski definition) is 3. The van der Waals surface area contributed by atoms with E-state index in [2.05, 4.69) is 20.7 Å². The Kier molecular flexibility index (Phi) is 5.43. The van der Waals surface area contributed by atoms with Gasteiger partial charge >= 0.3 is 0 Å². The van der Waals surface area contributed by atoms with Gasteiger partial charge < -0.3 is 0 Å². The lowest BCUT2D eigenvalue weighted by Crippen LogP contribution is -2.34. The fraction of sp³-hybridized carbons (Fsp3) is 0.400. The molecule has 1 aromatic rings. The highest BCUT2D eigenvalue weighted by molar-refractivity contribution is 9.10. The maximum atomic E-state index is 12.9. The van der Waals surface area contributed by atoms with Gasteiger partial charge in [-0.3, -0.25) is 0 Å². The van der Waals surface area contributed by atoms with E-state index < -0.39 is 15.8 Å². The predicted octanol–water partition coefficient (Wildman–Crippen LogP) is 2.62. The van der Waals surface area contributed by atoms with Crippen molar-refractivity contribution in [2.24, 2.45) is 0 Å². The van der Waals surface area contributed by atoms with Gasteiger partial charge in [0.25, 0.3) is 0 Å². The van der Waals surface area contributed by atoms with Crippen LogP contribution < -0.4 is 4.72 Å². The lowest BCUT2D eigenvalue weighted by molar-refractivity contribution is 0.569. The number of halogens is 2. The minimum absolute atomic E-state index is 0.0480. The molecule has 0 saturated carbocycles. The first-order valence-electron chi connectivity index (χ1n) is 4.83. The van der Waals surface area contributed by atoms with E-state index in [9.17, 15) is 12.8 Å². The first-order chi connectivity index (χ1) is 7.86. The van der Waals surface area contributed by atoms with Gasteiger partial charge in [-0.15, -0.1) is 0 Å². The SMILES string of the molecule is CSCC(C)NS(=O)(=O)c1ccc(F)cc1Br. The lowest BCUT2D eigenvalue weighted by Gasteiger charge is -2.13. The molecule has 0 spiro atoms. The Balaban J connectivity index is 2.97. The van der Waals surface area contributed by atoms with E-state index in [1.165, 1.54) is 6.07 Å². The average Bonchev–Trinajstić information content (AvgIpc) is 2.15. The predicted molar refractivity (Wildman–Crippen MR) is 72.3 cm³/mol. The van der Waals surface area contributed by atoms with Gasteiger partial charge in [-0.2, -0.15) is 11.8 Å². The van der Waals surface area contributed by atoms with Crippen LogP contribution in [-0.2, 0) is 10.0 Å². The molecule has 17 heavy (non-hydrogen) atoms. The van der Waals surface area contributed by atoms with Gasteiger partial charge in [0.1, 0.15) is 5.82 Å². The van der Waals surface area contributed by atoms with Crippen molar-refractivity contribution in [2.45, 2.75) is 17.9 Å². The second kappa shape index (κ2) is 6.17. The highest BCUT2D eigenvalue weighted by Gasteiger charge is 2.20. The van der Waals surface area contributed by atoms with E-state index in [1.807, 2.05) is 6.26 Å². The molecule has 96 valence electrons. The molecule has 7 heteroatoms. The molecule has 0 heterocycles. The zero-order chi connectivity index (χ0) is 13.1. The Morgan fingerprint density at radius 1 is 1.53 bits per heavy atom. The smallest absolute Gasteiger partial charge is 0.207 e. The molecule has 1 N–H and O–H groups in total. The third-order valence-corrected chi connectivity index (χ3v) is 5.36. The van der Waals surface area contributed by atoms with Crippen LogP contribution in [0.25, 0.3) is 0 Å². The summed E-state index contributed by atoms with van der Waals surface area (Å²) in [6, 6.07) is 3.33. The standard InChI is InChI=1S/C10H13BrFNO2S2/c1-7(6-16-2)13-17(14,15)10-4-3-8(12)5-9(10)11/h3-5,7,13H,6H2,1-2H3.